The van der Waals surface area contributed by atoms with Crippen molar-refractivity contribution >= 4 is 21.4 Å². The molecule has 1 spiro atoms. The number of hydrogen-bond donors (Lipinski definition) is 0. The second-order valence-electron chi connectivity index (χ2n) is 5.88. The largest absolute Gasteiger partial charge is 0.261 e. The minimum Gasteiger partial charge on any atom is -0.232 e. The summed E-state index contributed by atoms with van der Waals surface area (Å²) in [5, 5.41) is 1.89. The molecule has 2 heterocycles. The first-order chi connectivity index (χ1) is 8.63. The average molecular weight is 284 g/mol. The van der Waals surface area contributed by atoms with Gasteiger partial charge in [-0.2, -0.15) is 4.31 Å². The summed E-state index contributed by atoms with van der Waals surface area (Å²) in [6.07, 6.45) is 6.12. The minimum absolute atomic E-state index is 0.243. The maximum atomic E-state index is 12.5. The number of nitrogens with zero attached hydrogens (tertiary/aromatic N) is 2. The van der Waals surface area contributed by atoms with Crippen LogP contribution in [0.2, 0.25) is 0 Å². The molecule has 18 heavy (non-hydrogen) atoms. The van der Waals surface area contributed by atoms with Crippen molar-refractivity contribution in [3.05, 3.63) is 10.9 Å². The fourth-order valence-corrected chi connectivity index (χ4v) is 6.29. The van der Waals surface area contributed by atoms with Crippen molar-refractivity contribution in [2.24, 2.45) is 11.3 Å². The Morgan fingerprint density at radius 2 is 2.17 bits per heavy atom. The SMILES string of the molecule is O=S(=O)(c1cscn1)N1CC2(CCC2)C1C1CC1. The van der Waals surface area contributed by atoms with Crippen molar-refractivity contribution in [3.8, 4) is 0 Å². The zero-order valence-electron chi connectivity index (χ0n) is 10.1. The summed E-state index contributed by atoms with van der Waals surface area (Å²) >= 11 is 1.35. The van der Waals surface area contributed by atoms with Gasteiger partial charge < -0.3 is 0 Å². The van der Waals surface area contributed by atoms with Gasteiger partial charge in [0.2, 0.25) is 0 Å². The molecule has 3 aliphatic rings. The minimum atomic E-state index is -3.33. The van der Waals surface area contributed by atoms with Gasteiger partial charge in [0, 0.05) is 23.4 Å². The van der Waals surface area contributed by atoms with Crippen LogP contribution in [-0.4, -0.2) is 30.3 Å². The molecule has 1 aromatic rings. The summed E-state index contributed by atoms with van der Waals surface area (Å²) < 4.78 is 26.8. The van der Waals surface area contributed by atoms with Gasteiger partial charge in [-0.05, 0) is 31.6 Å². The summed E-state index contributed by atoms with van der Waals surface area (Å²) in [5.41, 5.74) is 1.93. The lowest BCUT2D eigenvalue weighted by molar-refractivity contribution is -0.0858. The average Bonchev–Trinajstić information content (AvgIpc) is 2.88. The topological polar surface area (TPSA) is 50.3 Å². The van der Waals surface area contributed by atoms with Crippen LogP contribution in [-0.2, 0) is 10.0 Å². The summed E-state index contributed by atoms with van der Waals surface area (Å²) in [5.74, 6) is 0.618. The van der Waals surface area contributed by atoms with Crippen LogP contribution in [0.4, 0.5) is 0 Å². The van der Waals surface area contributed by atoms with E-state index in [-0.39, 0.29) is 11.1 Å². The maximum Gasteiger partial charge on any atom is 0.261 e. The monoisotopic (exact) mass is 284 g/mol. The molecule has 1 aromatic heterocycles. The van der Waals surface area contributed by atoms with Crippen LogP contribution in [0.25, 0.3) is 0 Å². The summed E-state index contributed by atoms with van der Waals surface area (Å²) in [6, 6.07) is 0.276. The Morgan fingerprint density at radius 1 is 1.39 bits per heavy atom. The highest BCUT2D eigenvalue weighted by atomic mass is 32.2. The molecule has 4 nitrogen and oxygen atoms in total. The third kappa shape index (κ3) is 1.39. The van der Waals surface area contributed by atoms with Crippen LogP contribution < -0.4 is 0 Å². The molecule has 0 radical (unpaired) electrons. The zero-order valence-corrected chi connectivity index (χ0v) is 11.7. The van der Waals surface area contributed by atoms with Gasteiger partial charge in [-0.15, -0.1) is 11.3 Å². The Kier molecular flexibility index (Phi) is 2.24. The zero-order chi connectivity index (χ0) is 12.4. The lowest BCUT2D eigenvalue weighted by atomic mass is 9.58. The van der Waals surface area contributed by atoms with Crippen molar-refractivity contribution in [2.75, 3.05) is 6.54 Å². The van der Waals surface area contributed by atoms with E-state index in [1.807, 2.05) is 0 Å². The summed E-state index contributed by atoms with van der Waals surface area (Å²) in [6.45, 7) is 0.730. The van der Waals surface area contributed by atoms with E-state index in [1.54, 1.807) is 15.2 Å². The summed E-state index contributed by atoms with van der Waals surface area (Å²) in [4.78, 5) is 3.99. The van der Waals surface area contributed by atoms with Crippen LogP contribution in [0.15, 0.2) is 15.9 Å². The Hall–Kier alpha value is -0.460. The molecule has 4 rings (SSSR count). The highest BCUT2D eigenvalue weighted by molar-refractivity contribution is 7.89. The number of aromatic nitrogens is 1. The fourth-order valence-electron chi connectivity index (χ4n) is 3.61. The molecule has 1 atom stereocenters. The smallest absolute Gasteiger partial charge is 0.232 e. The molecule has 2 saturated carbocycles. The number of rotatable bonds is 3. The highest BCUT2D eigenvalue weighted by Gasteiger charge is 2.63. The molecule has 3 fully saturated rings. The molecule has 2 aliphatic carbocycles. The Morgan fingerprint density at radius 3 is 2.67 bits per heavy atom. The van der Waals surface area contributed by atoms with Gasteiger partial charge in [0.25, 0.3) is 10.0 Å². The molecule has 98 valence electrons. The first kappa shape index (κ1) is 11.4. The normalized spacial score (nSPS) is 31.0. The first-order valence-corrected chi connectivity index (χ1v) is 8.92. The quantitative estimate of drug-likeness (QED) is 0.854. The molecule has 1 aliphatic heterocycles. The lowest BCUT2D eigenvalue weighted by Crippen LogP contribution is -2.69. The van der Waals surface area contributed by atoms with Crippen molar-refractivity contribution in [1.29, 1.82) is 0 Å². The van der Waals surface area contributed by atoms with E-state index in [4.69, 9.17) is 0 Å². The summed E-state index contributed by atoms with van der Waals surface area (Å²) in [7, 11) is -3.33. The number of thiazole rings is 1. The van der Waals surface area contributed by atoms with Gasteiger partial charge in [-0.1, -0.05) is 6.42 Å². The predicted molar refractivity (Wildman–Crippen MR) is 68.8 cm³/mol. The molecule has 0 bridgehead atoms. The molecule has 0 aromatic carbocycles. The van der Waals surface area contributed by atoms with Crippen LogP contribution in [0.1, 0.15) is 32.1 Å². The highest BCUT2D eigenvalue weighted by Crippen LogP contribution is 2.60. The van der Waals surface area contributed by atoms with E-state index in [0.717, 1.165) is 6.54 Å². The van der Waals surface area contributed by atoms with E-state index in [1.165, 1.54) is 43.4 Å². The van der Waals surface area contributed by atoms with Gasteiger partial charge in [0.15, 0.2) is 5.03 Å². The Bertz CT molecular complexity index is 559. The third-order valence-electron chi connectivity index (χ3n) is 4.81. The van der Waals surface area contributed by atoms with Crippen molar-refractivity contribution in [2.45, 2.75) is 43.2 Å². The molecule has 6 heteroatoms. The molecular weight excluding hydrogens is 268 g/mol. The van der Waals surface area contributed by atoms with Crippen LogP contribution in [0.5, 0.6) is 0 Å². The number of hydrogen-bond acceptors (Lipinski definition) is 4. The first-order valence-electron chi connectivity index (χ1n) is 6.54. The molecular formula is C12H16N2O2S2. The lowest BCUT2D eigenvalue weighted by Gasteiger charge is -2.61. The van der Waals surface area contributed by atoms with Crippen LogP contribution in [0.3, 0.4) is 0 Å². The predicted octanol–water partition coefficient (Wildman–Crippen LogP) is 2.10. The second kappa shape index (κ2) is 3.55. The molecule has 0 N–H and O–H groups in total. The van der Waals surface area contributed by atoms with Gasteiger partial charge >= 0.3 is 0 Å². The van der Waals surface area contributed by atoms with E-state index in [0.29, 0.717) is 11.3 Å². The van der Waals surface area contributed by atoms with Gasteiger partial charge in [0.1, 0.15) is 0 Å². The van der Waals surface area contributed by atoms with Gasteiger partial charge in [0.05, 0.1) is 5.51 Å². The van der Waals surface area contributed by atoms with E-state index >= 15 is 0 Å². The van der Waals surface area contributed by atoms with E-state index < -0.39 is 10.0 Å². The molecule has 0 amide bonds. The van der Waals surface area contributed by atoms with E-state index in [2.05, 4.69) is 4.98 Å². The van der Waals surface area contributed by atoms with Gasteiger partial charge in [-0.25, -0.2) is 13.4 Å². The van der Waals surface area contributed by atoms with Crippen molar-refractivity contribution in [1.82, 2.24) is 9.29 Å². The molecule has 1 unspecified atom stereocenters. The Balaban J connectivity index is 1.66. The van der Waals surface area contributed by atoms with E-state index in [9.17, 15) is 8.42 Å². The van der Waals surface area contributed by atoms with Crippen LogP contribution in [0, 0.1) is 11.3 Å². The molecule has 1 saturated heterocycles. The standard InChI is InChI=1S/C12H16N2O2S2/c15-18(16,10-6-17-8-13-10)14-7-12(4-1-5-12)11(14)9-2-3-9/h6,8-9,11H,1-5,7H2. The maximum absolute atomic E-state index is 12.5. The van der Waals surface area contributed by atoms with Crippen molar-refractivity contribution < 1.29 is 8.42 Å². The second-order valence-corrected chi connectivity index (χ2v) is 8.43. The Labute approximate surface area is 111 Å². The number of sulfonamides is 1. The van der Waals surface area contributed by atoms with Crippen LogP contribution >= 0.6 is 11.3 Å². The van der Waals surface area contributed by atoms with Gasteiger partial charge in [-0.3, -0.25) is 0 Å². The van der Waals surface area contributed by atoms with Crippen molar-refractivity contribution in [3.63, 3.8) is 0 Å². The third-order valence-corrected chi connectivity index (χ3v) is 7.27. The fraction of sp³-hybridized carbons (Fsp3) is 0.750.